The first-order chi connectivity index (χ1) is 11.3. The van der Waals surface area contributed by atoms with Crippen LogP contribution in [-0.2, 0) is 6.42 Å². The summed E-state index contributed by atoms with van der Waals surface area (Å²) in [6, 6.07) is 25.0. The minimum atomic E-state index is 0.414. The van der Waals surface area contributed by atoms with Crippen molar-refractivity contribution in [3.63, 3.8) is 0 Å². The van der Waals surface area contributed by atoms with E-state index in [-0.39, 0.29) is 0 Å². The molecular weight excluding hydrogens is 280 g/mol. The molecule has 0 saturated carbocycles. The molecule has 4 rings (SSSR count). The maximum Gasteiger partial charge on any atom is 0.119 e. The van der Waals surface area contributed by atoms with Crippen molar-refractivity contribution < 1.29 is 5.11 Å². The third-order valence-corrected chi connectivity index (χ3v) is 4.52. The lowest BCUT2D eigenvalue weighted by molar-refractivity contribution is 0.468. The first-order valence-electron chi connectivity index (χ1n) is 7.98. The van der Waals surface area contributed by atoms with Crippen molar-refractivity contribution >= 4 is 11.6 Å². The number of phenolic OH excluding ortho intramolecular Hbond substituents is 1. The highest BCUT2D eigenvalue weighted by Gasteiger charge is 2.14. The van der Waals surface area contributed by atoms with Crippen LogP contribution in [0.25, 0.3) is 22.8 Å². The molecule has 1 nitrogen and oxygen atoms in total. The largest absolute Gasteiger partial charge is 0.508 e. The molecule has 0 amide bonds. The molecule has 0 aromatic heterocycles. The van der Waals surface area contributed by atoms with Gasteiger partial charge in [0.05, 0.1) is 0 Å². The fourth-order valence-electron chi connectivity index (χ4n) is 3.25. The summed E-state index contributed by atoms with van der Waals surface area (Å²) in [5.74, 6) is 0.414. The highest BCUT2D eigenvalue weighted by molar-refractivity contribution is 5.85. The molecule has 0 aliphatic heterocycles. The molecule has 23 heavy (non-hydrogen) atoms. The monoisotopic (exact) mass is 298 g/mol. The van der Waals surface area contributed by atoms with E-state index in [4.69, 9.17) is 0 Å². The van der Waals surface area contributed by atoms with Gasteiger partial charge in [0.2, 0.25) is 0 Å². The fraction of sp³-hybridized carbons (Fsp3) is 0.0909. The number of hydrogen-bond donors (Lipinski definition) is 1. The van der Waals surface area contributed by atoms with E-state index < -0.39 is 0 Å². The molecule has 0 saturated heterocycles. The molecule has 1 N–H and O–H groups in total. The molecule has 3 aromatic rings. The Balaban J connectivity index is 1.67. The SMILES string of the molecule is Oc1cccc2c1CCC(c1ccc(-c3ccccc3)cc1)=C2. The van der Waals surface area contributed by atoms with Crippen LogP contribution >= 0.6 is 0 Å². The molecule has 0 bridgehead atoms. The standard InChI is InChI=1S/C22H18O/c23-22-8-4-7-20-15-19(13-14-21(20)22)18-11-9-17(10-12-18)16-5-2-1-3-6-16/h1-12,15,23H,13-14H2. The first kappa shape index (κ1) is 13.8. The van der Waals surface area contributed by atoms with E-state index >= 15 is 0 Å². The first-order valence-corrected chi connectivity index (χ1v) is 7.98. The number of phenols is 1. The topological polar surface area (TPSA) is 20.2 Å². The number of rotatable bonds is 2. The Labute approximate surface area is 136 Å². The zero-order valence-electron chi connectivity index (χ0n) is 12.9. The predicted octanol–water partition coefficient (Wildman–Crippen LogP) is 5.55. The maximum atomic E-state index is 9.95. The molecule has 0 unspecified atom stereocenters. The third kappa shape index (κ3) is 2.66. The van der Waals surface area contributed by atoms with E-state index in [0.29, 0.717) is 5.75 Å². The van der Waals surface area contributed by atoms with Gasteiger partial charge in [0.1, 0.15) is 5.75 Å². The van der Waals surface area contributed by atoms with Gasteiger partial charge in [-0.2, -0.15) is 0 Å². The van der Waals surface area contributed by atoms with Crippen LogP contribution in [0.15, 0.2) is 72.8 Å². The van der Waals surface area contributed by atoms with Crippen LogP contribution < -0.4 is 0 Å². The van der Waals surface area contributed by atoms with Crippen LogP contribution in [-0.4, -0.2) is 5.11 Å². The number of hydrogen-bond acceptors (Lipinski definition) is 1. The van der Waals surface area contributed by atoms with Gasteiger partial charge >= 0.3 is 0 Å². The average molecular weight is 298 g/mol. The highest BCUT2D eigenvalue weighted by atomic mass is 16.3. The molecule has 0 heterocycles. The maximum absolute atomic E-state index is 9.95. The lowest BCUT2D eigenvalue weighted by Crippen LogP contribution is -1.99. The van der Waals surface area contributed by atoms with Crippen LogP contribution in [0.4, 0.5) is 0 Å². The average Bonchev–Trinajstić information content (AvgIpc) is 2.63. The zero-order chi connectivity index (χ0) is 15.6. The highest BCUT2D eigenvalue weighted by Crippen LogP contribution is 2.34. The van der Waals surface area contributed by atoms with E-state index in [1.165, 1.54) is 22.3 Å². The summed E-state index contributed by atoms with van der Waals surface area (Å²) < 4.78 is 0. The fourth-order valence-corrected chi connectivity index (χ4v) is 3.25. The van der Waals surface area contributed by atoms with Gasteiger partial charge < -0.3 is 5.11 Å². The van der Waals surface area contributed by atoms with Crippen molar-refractivity contribution in [2.75, 3.05) is 0 Å². The molecule has 0 radical (unpaired) electrons. The van der Waals surface area contributed by atoms with Gasteiger partial charge in [0, 0.05) is 5.56 Å². The Morgan fingerprint density at radius 1 is 0.609 bits per heavy atom. The third-order valence-electron chi connectivity index (χ3n) is 4.52. The van der Waals surface area contributed by atoms with Crippen LogP contribution in [0.3, 0.4) is 0 Å². The Bertz CT molecular complexity index is 858. The predicted molar refractivity (Wildman–Crippen MR) is 96.2 cm³/mol. The lowest BCUT2D eigenvalue weighted by atomic mass is 9.88. The Kier molecular flexibility index (Phi) is 3.47. The quantitative estimate of drug-likeness (QED) is 0.658. The summed E-state index contributed by atoms with van der Waals surface area (Å²) >= 11 is 0. The molecule has 0 atom stereocenters. The van der Waals surface area contributed by atoms with Gasteiger partial charge in [-0.3, -0.25) is 0 Å². The van der Waals surface area contributed by atoms with Crippen molar-refractivity contribution in [1.82, 2.24) is 0 Å². The summed E-state index contributed by atoms with van der Waals surface area (Å²) in [5, 5.41) is 9.95. The van der Waals surface area contributed by atoms with Gasteiger partial charge in [-0.15, -0.1) is 0 Å². The second-order valence-corrected chi connectivity index (χ2v) is 5.96. The second-order valence-electron chi connectivity index (χ2n) is 5.96. The van der Waals surface area contributed by atoms with Crippen LogP contribution in [0.5, 0.6) is 5.75 Å². The van der Waals surface area contributed by atoms with Crippen LogP contribution in [0.2, 0.25) is 0 Å². The Morgan fingerprint density at radius 2 is 1.30 bits per heavy atom. The van der Waals surface area contributed by atoms with E-state index in [1.54, 1.807) is 6.07 Å². The Hall–Kier alpha value is -2.80. The zero-order valence-corrected chi connectivity index (χ0v) is 12.9. The minimum Gasteiger partial charge on any atom is -0.508 e. The molecule has 1 heteroatoms. The van der Waals surface area contributed by atoms with Gasteiger partial charge in [-0.05, 0) is 46.7 Å². The van der Waals surface area contributed by atoms with E-state index in [9.17, 15) is 5.11 Å². The number of benzene rings is 3. The van der Waals surface area contributed by atoms with Crippen molar-refractivity contribution in [3.05, 3.63) is 89.5 Å². The molecule has 0 fully saturated rings. The summed E-state index contributed by atoms with van der Waals surface area (Å²) in [4.78, 5) is 0. The summed E-state index contributed by atoms with van der Waals surface area (Å²) in [7, 11) is 0. The van der Waals surface area contributed by atoms with E-state index in [1.807, 2.05) is 12.1 Å². The van der Waals surface area contributed by atoms with E-state index in [0.717, 1.165) is 24.0 Å². The summed E-state index contributed by atoms with van der Waals surface area (Å²) in [6.45, 7) is 0. The van der Waals surface area contributed by atoms with Crippen molar-refractivity contribution in [2.24, 2.45) is 0 Å². The molecular formula is C22H18O. The number of allylic oxidation sites excluding steroid dienone is 1. The molecule has 0 spiro atoms. The molecule has 112 valence electrons. The van der Waals surface area contributed by atoms with Gasteiger partial charge in [-0.1, -0.05) is 72.8 Å². The minimum absolute atomic E-state index is 0.414. The van der Waals surface area contributed by atoms with Gasteiger partial charge in [-0.25, -0.2) is 0 Å². The van der Waals surface area contributed by atoms with Gasteiger partial charge in [0.15, 0.2) is 0 Å². The lowest BCUT2D eigenvalue weighted by Gasteiger charge is -2.18. The van der Waals surface area contributed by atoms with Crippen molar-refractivity contribution in [2.45, 2.75) is 12.8 Å². The summed E-state index contributed by atoms with van der Waals surface area (Å²) in [5.41, 5.74) is 7.28. The normalized spacial score (nSPS) is 13.3. The number of fused-ring (bicyclic) bond motifs is 1. The van der Waals surface area contributed by atoms with Crippen molar-refractivity contribution in [1.29, 1.82) is 0 Å². The molecule has 3 aromatic carbocycles. The van der Waals surface area contributed by atoms with Crippen LogP contribution in [0, 0.1) is 0 Å². The Morgan fingerprint density at radius 3 is 2.09 bits per heavy atom. The molecule has 1 aliphatic carbocycles. The van der Waals surface area contributed by atoms with Crippen molar-refractivity contribution in [3.8, 4) is 16.9 Å². The smallest absolute Gasteiger partial charge is 0.119 e. The molecule has 1 aliphatic rings. The summed E-state index contributed by atoms with van der Waals surface area (Å²) in [6.07, 6.45) is 4.07. The number of aromatic hydroxyl groups is 1. The second kappa shape index (κ2) is 5.77. The van der Waals surface area contributed by atoms with Gasteiger partial charge in [0.25, 0.3) is 0 Å². The van der Waals surface area contributed by atoms with E-state index in [2.05, 4.69) is 60.7 Å². The van der Waals surface area contributed by atoms with Crippen LogP contribution in [0.1, 0.15) is 23.1 Å².